The number of aryl methyl sites for hydroxylation is 1. The third kappa shape index (κ3) is 3.42. The highest BCUT2D eigenvalue weighted by Gasteiger charge is 2.00. The van der Waals surface area contributed by atoms with Gasteiger partial charge in [-0.25, -0.2) is 4.98 Å². The Hall–Kier alpha value is -1.09. The van der Waals surface area contributed by atoms with Gasteiger partial charge in [-0.15, -0.1) is 0 Å². The van der Waals surface area contributed by atoms with Crippen LogP contribution in [0, 0.1) is 6.92 Å². The van der Waals surface area contributed by atoms with Gasteiger partial charge in [-0.2, -0.15) is 0 Å². The summed E-state index contributed by atoms with van der Waals surface area (Å²) in [6.07, 6.45) is 1.88. The van der Waals surface area contributed by atoms with Gasteiger partial charge in [-0.05, 0) is 19.4 Å². The Kier molecular flexibility index (Phi) is 3.71. The van der Waals surface area contributed by atoms with Crippen LogP contribution >= 0.6 is 0 Å². The molecule has 1 atom stereocenters. The second kappa shape index (κ2) is 4.82. The molecule has 1 aromatic heterocycles. The summed E-state index contributed by atoms with van der Waals surface area (Å²) in [4.78, 5) is 4.11. The molecule has 0 N–H and O–H groups in total. The van der Waals surface area contributed by atoms with Gasteiger partial charge in [-0.1, -0.05) is 6.07 Å². The molecular formula is C10H15NO2. The maximum absolute atomic E-state index is 5.38. The maximum Gasteiger partial charge on any atom is 0.213 e. The van der Waals surface area contributed by atoms with Crippen molar-refractivity contribution >= 4 is 0 Å². The minimum Gasteiger partial charge on any atom is -0.475 e. The number of ether oxygens (including phenoxy) is 2. The van der Waals surface area contributed by atoms with Gasteiger partial charge in [0.05, 0.1) is 6.10 Å². The first-order chi connectivity index (χ1) is 6.22. The maximum atomic E-state index is 5.38. The van der Waals surface area contributed by atoms with Crippen molar-refractivity contribution in [3.05, 3.63) is 23.9 Å². The van der Waals surface area contributed by atoms with Gasteiger partial charge in [0.25, 0.3) is 0 Å². The molecule has 0 saturated carbocycles. The lowest BCUT2D eigenvalue weighted by molar-refractivity contribution is 0.0699. The largest absolute Gasteiger partial charge is 0.475 e. The zero-order valence-corrected chi connectivity index (χ0v) is 8.28. The van der Waals surface area contributed by atoms with Crippen LogP contribution in [0.15, 0.2) is 18.3 Å². The van der Waals surface area contributed by atoms with Gasteiger partial charge >= 0.3 is 0 Å². The van der Waals surface area contributed by atoms with E-state index < -0.39 is 0 Å². The average Bonchev–Trinajstić information content (AvgIpc) is 2.16. The minimum absolute atomic E-state index is 0.100. The molecule has 0 aromatic carbocycles. The van der Waals surface area contributed by atoms with Crippen molar-refractivity contribution < 1.29 is 9.47 Å². The van der Waals surface area contributed by atoms with Gasteiger partial charge in [0, 0.05) is 19.4 Å². The second-order valence-corrected chi connectivity index (χ2v) is 3.03. The number of hydrogen-bond donors (Lipinski definition) is 0. The van der Waals surface area contributed by atoms with Crippen LogP contribution in [0.1, 0.15) is 12.5 Å². The van der Waals surface area contributed by atoms with Crippen LogP contribution in [0.25, 0.3) is 0 Å². The number of aromatic nitrogens is 1. The summed E-state index contributed by atoms with van der Waals surface area (Å²) in [5.74, 6) is 0.648. The van der Waals surface area contributed by atoms with Crippen LogP contribution in [0.4, 0.5) is 0 Å². The number of pyridine rings is 1. The highest BCUT2D eigenvalue weighted by molar-refractivity contribution is 5.16. The summed E-state index contributed by atoms with van der Waals surface area (Å²) in [6, 6.07) is 3.83. The van der Waals surface area contributed by atoms with Crippen LogP contribution in [0.5, 0.6) is 5.88 Å². The third-order valence-corrected chi connectivity index (χ3v) is 1.75. The van der Waals surface area contributed by atoms with Crippen LogP contribution < -0.4 is 4.74 Å². The van der Waals surface area contributed by atoms with Gasteiger partial charge in [0.15, 0.2) is 0 Å². The van der Waals surface area contributed by atoms with Crippen LogP contribution in [-0.4, -0.2) is 24.8 Å². The zero-order chi connectivity index (χ0) is 9.68. The fourth-order valence-corrected chi connectivity index (χ4v) is 0.810. The first-order valence-electron chi connectivity index (χ1n) is 4.30. The molecule has 1 heterocycles. The third-order valence-electron chi connectivity index (χ3n) is 1.75. The molecule has 1 aromatic rings. The highest BCUT2D eigenvalue weighted by Crippen LogP contribution is 2.06. The first kappa shape index (κ1) is 9.99. The molecule has 0 spiro atoms. The molecule has 0 aliphatic rings. The molecular weight excluding hydrogens is 166 g/mol. The predicted octanol–water partition coefficient (Wildman–Crippen LogP) is 1.80. The van der Waals surface area contributed by atoms with E-state index in [0.29, 0.717) is 12.5 Å². The first-order valence-corrected chi connectivity index (χ1v) is 4.30. The smallest absolute Gasteiger partial charge is 0.213 e. The lowest BCUT2D eigenvalue weighted by Crippen LogP contribution is -2.16. The average molecular weight is 181 g/mol. The van der Waals surface area contributed by atoms with Gasteiger partial charge in [-0.3, -0.25) is 0 Å². The molecule has 0 saturated heterocycles. The van der Waals surface area contributed by atoms with E-state index in [0.717, 1.165) is 5.56 Å². The van der Waals surface area contributed by atoms with Crippen LogP contribution in [-0.2, 0) is 4.74 Å². The summed E-state index contributed by atoms with van der Waals surface area (Å²) >= 11 is 0. The Labute approximate surface area is 78.7 Å². The second-order valence-electron chi connectivity index (χ2n) is 3.03. The Morgan fingerprint density at radius 3 is 2.77 bits per heavy atom. The molecule has 0 fully saturated rings. The lowest BCUT2D eigenvalue weighted by Gasteiger charge is -2.10. The van der Waals surface area contributed by atoms with Crippen molar-refractivity contribution in [1.82, 2.24) is 4.98 Å². The SMILES string of the molecule is COC(C)COc1ccc(C)cn1. The van der Waals surface area contributed by atoms with E-state index in [9.17, 15) is 0 Å². The van der Waals surface area contributed by atoms with Crippen LogP contribution in [0.2, 0.25) is 0 Å². The number of rotatable bonds is 4. The fraction of sp³-hybridized carbons (Fsp3) is 0.500. The minimum atomic E-state index is 0.100. The zero-order valence-electron chi connectivity index (χ0n) is 8.28. The molecule has 3 heteroatoms. The lowest BCUT2D eigenvalue weighted by atomic mass is 10.3. The van der Waals surface area contributed by atoms with Crippen molar-refractivity contribution in [3.8, 4) is 5.88 Å². The standard InChI is InChI=1S/C10H15NO2/c1-8-4-5-10(11-6-8)13-7-9(2)12-3/h4-6,9H,7H2,1-3H3. The van der Waals surface area contributed by atoms with E-state index in [1.165, 1.54) is 0 Å². The molecule has 13 heavy (non-hydrogen) atoms. The van der Waals surface area contributed by atoms with Crippen molar-refractivity contribution in [3.63, 3.8) is 0 Å². The van der Waals surface area contributed by atoms with E-state index in [-0.39, 0.29) is 6.10 Å². The monoisotopic (exact) mass is 181 g/mol. The molecule has 1 unspecified atom stereocenters. The van der Waals surface area contributed by atoms with E-state index >= 15 is 0 Å². The number of methoxy groups -OCH3 is 1. The molecule has 0 bridgehead atoms. The quantitative estimate of drug-likeness (QED) is 0.709. The van der Waals surface area contributed by atoms with Gasteiger partial charge in [0.2, 0.25) is 5.88 Å². The molecule has 0 amide bonds. The normalized spacial score (nSPS) is 12.5. The van der Waals surface area contributed by atoms with Crippen LogP contribution in [0.3, 0.4) is 0 Å². The summed E-state index contributed by atoms with van der Waals surface area (Å²) in [7, 11) is 1.66. The van der Waals surface area contributed by atoms with Gasteiger partial charge < -0.3 is 9.47 Å². The van der Waals surface area contributed by atoms with Crippen molar-refractivity contribution in [1.29, 1.82) is 0 Å². The summed E-state index contributed by atoms with van der Waals surface area (Å²) in [5, 5.41) is 0. The van der Waals surface area contributed by atoms with E-state index in [1.54, 1.807) is 13.3 Å². The molecule has 0 aliphatic heterocycles. The molecule has 0 radical (unpaired) electrons. The fourth-order valence-electron chi connectivity index (χ4n) is 0.810. The van der Waals surface area contributed by atoms with Crippen molar-refractivity contribution in [2.45, 2.75) is 20.0 Å². The Morgan fingerprint density at radius 1 is 1.46 bits per heavy atom. The van der Waals surface area contributed by atoms with E-state index in [4.69, 9.17) is 9.47 Å². The molecule has 1 rings (SSSR count). The van der Waals surface area contributed by atoms with Crippen molar-refractivity contribution in [2.24, 2.45) is 0 Å². The molecule has 72 valence electrons. The summed E-state index contributed by atoms with van der Waals surface area (Å²) in [5.41, 5.74) is 1.13. The Morgan fingerprint density at radius 2 is 2.23 bits per heavy atom. The summed E-state index contributed by atoms with van der Waals surface area (Å²) < 4.78 is 10.4. The van der Waals surface area contributed by atoms with E-state index in [2.05, 4.69) is 4.98 Å². The van der Waals surface area contributed by atoms with Gasteiger partial charge in [0.1, 0.15) is 6.61 Å². The topological polar surface area (TPSA) is 31.4 Å². The van der Waals surface area contributed by atoms with E-state index in [1.807, 2.05) is 26.0 Å². The Bertz CT molecular complexity index is 246. The molecule has 3 nitrogen and oxygen atoms in total. The highest BCUT2D eigenvalue weighted by atomic mass is 16.5. The predicted molar refractivity (Wildman–Crippen MR) is 50.9 cm³/mol. The summed E-state index contributed by atoms with van der Waals surface area (Å²) in [6.45, 7) is 4.48. The van der Waals surface area contributed by atoms with Crippen molar-refractivity contribution in [2.75, 3.05) is 13.7 Å². The number of nitrogens with zero attached hydrogens (tertiary/aromatic N) is 1. The molecule has 0 aliphatic carbocycles. The Balaban J connectivity index is 2.41. The number of hydrogen-bond acceptors (Lipinski definition) is 3.